The molecule has 7 heteroatoms. The van der Waals surface area contributed by atoms with E-state index in [0.717, 1.165) is 0 Å². The topological polar surface area (TPSA) is 101 Å². The number of furan rings is 1. The zero-order valence-electron chi connectivity index (χ0n) is 14.4. The number of carbonyl (C=O) groups excluding carboxylic acids is 2. The summed E-state index contributed by atoms with van der Waals surface area (Å²) in [6.45, 7) is 0. The van der Waals surface area contributed by atoms with Crippen LogP contribution in [0.3, 0.4) is 0 Å². The Bertz CT molecular complexity index is 1010. The Labute approximate surface area is 154 Å². The molecule has 1 aromatic heterocycles. The van der Waals surface area contributed by atoms with Crippen LogP contribution in [0.5, 0.6) is 5.75 Å². The van der Waals surface area contributed by atoms with Crippen LogP contribution < -0.4 is 5.43 Å². The van der Waals surface area contributed by atoms with Crippen LogP contribution in [0.25, 0.3) is 11.3 Å². The zero-order chi connectivity index (χ0) is 19.2. The van der Waals surface area contributed by atoms with Gasteiger partial charge in [0.2, 0.25) is 0 Å². The van der Waals surface area contributed by atoms with Crippen molar-refractivity contribution in [2.45, 2.75) is 0 Å². The number of hydrogen-bond donors (Lipinski definition) is 2. The van der Waals surface area contributed by atoms with E-state index in [2.05, 4.69) is 10.5 Å². The highest BCUT2D eigenvalue weighted by atomic mass is 16.5. The van der Waals surface area contributed by atoms with E-state index in [-0.39, 0.29) is 11.3 Å². The molecule has 0 saturated carbocycles. The van der Waals surface area contributed by atoms with E-state index < -0.39 is 11.9 Å². The number of phenolic OH excluding ortho intramolecular Hbond substituents is 1. The smallest absolute Gasteiger partial charge is 0.338 e. The molecule has 2 aromatic carbocycles. The summed E-state index contributed by atoms with van der Waals surface area (Å²) in [5.41, 5.74) is 3.39. The number of esters is 1. The number of ether oxygens (including phenoxy) is 1. The maximum atomic E-state index is 12.0. The van der Waals surface area contributed by atoms with Crippen molar-refractivity contribution < 1.29 is 23.8 Å². The third-order valence-electron chi connectivity index (χ3n) is 3.73. The van der Waals surface area contributed by atoms with Gasteiger partial charge >= 0.3 is 5.97 Å². The minimum absolute atomic E-state index is 0.113. The number of methoxy groups -OCH3 is 1. The van der Waals surface area contributed by atoms with Crippen LogP contribution in [-0.4, -0.2) is 30.3 Å². The van der Waals surface area contributed by atoms with E-state index in [9.17, 15) is 14.7 Å². The van der Waals surface area contributed by atoms with E-state index >= 15 is 0 Å². The molecule has 3 rings (SSSR count). The number of amides is 1. The molecular weight excluding hydrogens is 348 g/mol. The van der Waals surface area contributed by atoms with Crippen molar-refractivity contribution in [2.75, 3.05) is 7.11 Å². The Kier molecular flexibility index (Phi) is 5.32. The molecule has 0 unspecified atom stereocenters. The Morgan fingerprint density at radius 1 is 1.04 bits per heavy atom. The van der Waals surface area contributed by atoms with E-state index in [0.29, 0.717) is 22.6 Å². The molecule has 0 saturated heterocycles. The fraction of sp³-hybridized carbons (Fsp3) is 0.0500. The van der Waals surface area contributed by atoms with Gasteiger partial charge in [-0.2, -0.15) is 5.10 Å². The Morgan fingerprint density at radius 2 is 1.74 bits per heavy atom. The van der Waals surface area contributed by atoms with E-state index in [1.165, 1.54) is 25.5 Å². The molecule has 136 valence electrons. The van der Waals surface area contributed by atoms with Gasteiger partial charge in [0.25, 0.3) is 5.91 Å². The van der Waals surface area contributed by atoms with E-state index in [4.69, 9.17) is 9.15 Å². The van der Waals surface area contributed by atoms with Crippen molar-refractivity contribution in [3.63, 3.8) is 0 Å². The number of phenols is 1. The second kappa shape index (κ2) is 8.01. The molecular formula is C20H16N2O5. The molecule has 0 aliphatic rings. The summed E-state index contributed by atoms with van der Waals surface area (Å²) >= 11 is 0. The number of para-hydroxylation sites is 1. The lowest BCUT2D eigenvalue weighted by molar-refractivity contribution is 0.0601. The number of benzene rings is 2. The normalized spacial score (nSPS) is 10.7. The van der Waals surface area contributed by atoms with Gasteiger partial charge in [0.05, 0.1) is 24.5 Å². The Hall–Kier alpha value is -3.87. The first kappa shape index (κ1) is 17.9. The van der Waals surface area contributed by atoms with Gasteiger partial charge in [0.1, 0.15) is 17.3 Å². The lowest BCUT2D eigenvalue weighted by Crippen LogP contribution is -2.17. The fourth-order valence-corrected chi connectivity index (χ4v) is 2.43. The van der Waals surface area contributed by atoms with Crippen LogP contribution in [0, 0.1) is 0 Å². The van der Waals surface area contributed by atoms with Crippen molar-refractivity contribution >= 4 is 18.1 Å². The van der Waals surface area contributed by atoms with Gasteiger partial charge in [-0.15, -0.1) is 0 Å². The molecule has 0 spiro atoms. The maximum Gasteiger partial charge on any atom is 0.338 e. The molecule has 0 fully saturated rings. The molecule has 0 aliphatic heterocycles. The van der Waals surface area contributed by atoms with Gasteiger partial charge in [-0.05, 0) is 30.3 Å². The van der Waals surface area contributed by atoms with Crippen molar-refractivity contribution in [2.24, 2.45) is 5.10 Å². The number of nitrogens with one attached hydrogen (secondary N) is 1. The van der Waals surface area contributed by atoms with E-state index in [1.807, 2.05) is 0 Å². The fourth-order valence-electron chi connectivity index (χ4n) is 2.43. The van der Waals surface area contributed by atoms with E-state index in [1.54, 1.807) is 48.5 Å². The number of hydrazone groups is 1. The molecule has 0 bridgehead atoms. The zero-order valence-corrected chi connectivity index (χ0v) is 14.4. The van der Waals surface area contributed by atoms with Crippen LogP contribution in [0.4, 0.5) is 0 Å². The Balaban J connectivity index is 1.74. The summed E-state index contributed by atoms with van der Waals surface area (Å²) in [4.78, 5) is 23.8. The maximum absolute atomic E-state index is 12.0. The highest BCUT2D eigenvalue weighted by Crippen LogP contribution is 2.26. The third kappa shape index (κ3) is 4.04. The average Bonchev–Trinajstić information content (AvgIpc) is 3.16. The van der Waals surface area contributed by atoms with Crippen LogP contribution in [-0.2, 0) is 4.74 Å². The first-order chi connectivity index (χ1) is 13.1. The largest absolute Gasteiger partial charge is 0.507 e. The second-order valence-electron chi connectivity index (χ2n) is 5.46. The highest BCUT2D eigenvalue weighted by Gasteiger charge is 2.15. The summed E-state index contributed by atoms with van der Waals surface area (Å²) in [5.74, 6) is -0.309. The number of aromatic hydroxyl groups is 1. The van der Waals surface area contributed by atoms with Crippen LogP contribution in [0.1, 0.15) is 26.5 Å². The van der Waals surface area contributed by atoms with Crippen molar-refractivity contribution in [3.8, 4) is 17.1 Å². The Morgan fingerprint density at radius 3 is 2.48 bits per heavy atom. The number of carbonyl (C=O) groups is 2. The van der Waals surface area contributed by atoms with Gasteiger partial charge in [-0.3, -0.25) is 4.79 Å². The standard InChI is InChI=1S/C20H16N2O5/c1-26-20(25)15-7-3-2-6-14(15)18-11-10-13(27-18)12-21-22-19(24)16-8-4-5-9-17(16)23/h2-12,23H,1H3,(H,22,24)/b21-12+. The molecule has 27 heavy (non-hydrogen) atoms. The summed E-state index contributed by atoms with van der Waals surface area (Å²) < 4.78 is 10.4. The lowest BCUT2D eigenvalue weighted by atomic mass is 10.1. The van der Waals surface area contributed by atoms with Crippen molar-refractivity contribution in [1.29, 1.82) is 0 Å². The van der Waals surface area contributed by atoms with Crippen molar-refractivity contribution in [3.05, 3.63) is 77.6 Å². The molecule has 0 aliphatic carbocycles. The first-order valence-electron chi connectivity index (χ1n) is 7.99. The predicted molar refractivity (Wildman–Crippen MR) is 98.7 cm³/mol. The molecule has 0 radical (unpaired) electrons. The van der Waals surface area contributed by atoms with Gasteiger partial charge in [-0.1, -0.05) is 30.3 Å². The van der Waals surface area contributed by atoms with Gasteiger partial charge < -0.3 is 14.3 Å². The van der Waals surface area contributed by atoms with Gasteiger partial charge in [-0.25, -0.2) is 10.2 Å². The summed E-state index contributed by atoms with van der Waals surface area (Å²) in [5, 5.41) is 13.5. The molecule has 1 heterocycles. The molecule has 0 atom stereocenters. The predicted octanol–water partition coefficient (Wildman–Crippen LogP) is 3.20. The minimum atomic E-state index is -0.549. The van der Waals surface area contributed by atoms with Crippen molar-refractivity contribution in [1.82, 2.24) is 5.43 Å². The monoisotopic (exact) mass is 364 g/mol. The van der Waals surface area contributed by atoms with Crippen LogP contribution >= 0.6 is 0 Å². The average molecular weight is 364 g/mol. The first-order valence-corrected chi connectivity index (χ1v) is 7.99. The summed E-state index contributed by atoms with van der Waals surface area (Å²) in [6, 6.07) is 16.4. The van der Waals surface area contributed by atoms with Gasteiger partial charge in [0.15, 0.2) is 0 Å². The number of hydrogen-bond acceptors (Lipinski definition) is 6. The van der Waals surface area contributed by atoms with Gasteiger partial charge in [0, 0.05) is 5.56 Å². The number of nitrogens with zero attached hydrogens (tertiary/aromatic N) is 1. The highest BCUT2D eigenvalue weighted by molar-refractivity contribution is 5.97. The quantitative estimate of drug-likeness (QED) is 0.411. The summed E-state index contributed by atoms with van der Waals surface area (Å²) in [7, 11) is 1.31. The number of rotatable bonds is 5. The SMILES string of the molecule is COC(=O)c1ccccc1-c1ccc(/C=N/NC(=O)c2ccccc2O)o1. The molecule has 2 N–H and O–H groups in total. The summed E-state index contributed by atoms with van der Waals surface area (Å²) in [6.07, 6.45) is 1.32. The lowest BCUT2D eigenvalue weighted by Gasteiger charge is -2.04. The minimum Gasteiger partial charge on any atom is -0.507 e. The molecule has 1 amide bonds. The molecule has 7 nitrogen and oxygen atoms in total. The molecule has 3 aromatic rings. The van der Waals surface area contributed by atoms with Crippen LogP contribution in [0.15, 0.2) is 70.2 Å². The second-order valence-corrected chi connectivity index (χ2v) is 5.46. The van der Waals surface area contributed by atoms with Crippen LogP contribution in [0.2, 0.25) is 0 Å². The third-order valence-corrected chi connectivity index (χ3v) is 3.73.